The first-order valence-electron chi connectivity index (χ1n) is 7.10. The van der Waals surface area contributed by atoms with E-state index in [4.69, 9.17) is 14.4 Å². The summed E-state index contributed by atoms with van der Waals surface area (Å²) in [5.41, 5.74) is 0.446. The van der Waals surface area contributed by atoms with Crippen molar-refractivity contribution in [1.82, 2.24) is 4.98 Å². The van der Waals surface area contributed by atoms with Gasteiger partial charge in [-0.3, -0.25) is 10.1 Å². The van der Waals surface area contributed by atoms with E-state index in [-0.39, 0.29) is 18.3 Å². The number of thiazole rings is 1. The number of ether oxygens (including phenoxy) is 1. The zero-order valence-electron chi connectivity index (χ0n) is 12.8. The molecular weight excluding hydrogens is 326 g/mol. The van der Waals surface area contributed by atoms with Crippen LogP contribution >= 0.6 is 11.3 Å². The van der Waals surface area contributed by atoms with Gasteiger partial charge in [-0.2, -0.15) is 5.26 Å². The Kier molecular flexibility index (Phi) is 4.59. The van der Waals surface area contributed by atoms with Gasteiger partial charge < -0.3 is 9.15 Å². The number of nitrogens with one attached hydrogen (secondary N) is 1. The van der Waals surface area contributed by atoms with E-state index in [0.717, 1.165) is 4.88 Å². The van der Waals surface area contributed by atoms with Crippen LogP contribution in [0.4, 0.5) is 5.13 Å². The minimum atomic E-state index is -0.368. The van der Waals surface area contributed by atoms with Gasteiger partial charge >= 0.3 is 0 Å². The summed E-state index contributed by atoms with van der Waals surface area (Å²) in [5, 5.41) is 12.2. The van der Waals surface area contributed by atoms with Gasteiger partial charge in [0.25, 0.3) is 5.91 Å². The summed E-state index contributed by atoms with van der Waals surface area (Å²) in [7, 11) is 0. The topological polar surface area (TPSA) is 88.1 Å². The molecule has 0 unspecified atom stereocenters. The third-order valence-corrected chi connectivity index (χ3v) is 3.93. The molecule has 0 aliphatic heterocycles. The highest BCUT2D eigenvalue weighted by molar-refractivity contribution is 7.15. The molecule has 0 atom stereocenters. The van der Waals surface area contributed by atoms with E-state index in [2.05, 4.69) is 16.4 Å². The molecule has 6 nitrogen and oxygen atoms in total. The second-order valence-electron chi connectivity index (χ2n) is 4.89. The maximum atomic E-state index is 12.1. The molecule has 1 aromatic carbocycles. The zero-order valence-corrected chi connectivity index (χ0v) is 13.6. The fourth-order valence-corrected chi connectivity index (χ4v) is 2.64. The number of rotatable bonds is 5. The molecule has 1 amide bonds. The van der Waals surface area contributed by atoms with Crippen molar-refractivity contribution in [2.75, 3.05) is 5.32 Å². The van der Waals surface area contributed by atoms with Gasteiger partial charge in [0.05, 0.1) is 5.56 Å². The van der Waals surface area contributed by atoms with Gasteiger partial charge in [0.15, 0.2) is 10.9 Å². The molecule has 120 valence electrons. The molecule has 2 heterocycles. The SMILES string of the molecule is Cc1cnc(NC(=O)c2ccc(COc3ccccc3C#N)o2)s1. The third kappa shape index (κ3) is 3.62. The summed E-state index contributed by atoms with van der Waals surface area (Å²) in [6.45, 7) is 2.04. The molecule has 0 fully saturated rings. The van der Waals surface area contributed by atoms with Gasteiger partial charge in [-0.15, -0.1) is 11.3 Å². The van der Waals surface area contributed by atoms with E-state index in [1.54, 1.807) is 42.6 Å². The highest BCUT2D eigenvalue weighted by Gasteiger charge is 2.13. The average molecular weight is 339 g/mol. The van der Waals surface area contributed by atoms with Gasteiger partial charge in [0.2, 0.25) is 0 Å². The molecule has 0 saturated heterocycles. The van der Waals surface area contributed by atoms with Crippen LogP contribution in [0.15, 0.2) is 47.0 Å². The quantitative estimate of drug-likeness (QED) is 0.765. The zero-order chi connectivity index (χ0) is 16.9. The van der Waals surface area contributed by atoms with Gasteiger partial charge in [0, 0.05) is 11.1 Å². The number of benzene rings is 1. The molecule has 0 bridgehead atoms. The Labute approximate surface area is 142 Å². The number of hydrogen-bond acceptors (Lipinski definition) is 6. The van der Waals surface area contributed by atoms with Crippen LogP contribution in [-0.4, -0.2) is 10.9 Å². The summed E-state index contributed by atoms with van der Waals surface area (Å²) in [5.74, 6) is 0.770. The lowest BCUT2D eigenvalue weighted by Crippen LogP contribution is -2.10. The maximum absolute atomic E-state index is 12.1. The minimum absolute atomic E-state index is 0.127. The number of carbonyl (C=O) groups is 1. The number of aromatic nitrogens is 1. The van der Waals surface area contributed by atoms with Crippen LogP contribution in [0.25, 0.3) is 0 Å². The summed E-state index contributed by atoms with van der Waals surface area (Å²) in [4.78, 5) is 17.2. The number of amides is 1. The molecule has 24 heavy (non-hydrogen) atoms. The van der Waals surface area contributed by atoms with E-state index in [1.165, 1.54) is 11.3 Å². The number of furan rings is 1. The van der Waals surface area contributed by atoms with Gasteiger partial charge in [-0.05, 0) is 31.2 Å². The molecule has 2 aromatic heterocycles. The van der Waals surface area contributed by atoms with Crippen molar-refractivity contribution in [3.8, 4) is 11.8 Å². The van der Waals surface area contributed by atoms with Crippen molar-refractivity contribution in [3.05, 3.63) is 64.6 Å². The van der Waals surface area contributed by atoms with E-state index in [9.17, 15) is 4.79 Å². The molecule has 0 aliphatic carbocycles. The Hall–Kier alpha value is -3.11. The van der Waals surface area contributed by atoms with E-state index in [0.29, 0.717) is 22.2 Å². The molecule has 7 heteroatoms. The second-order valence-corrected chi connectivity index (χ2v) is 6.13. The van der Waals surface area contributed by atoms with Crippen LogP contribution in [0.5, 0.6) is 5.75 Å². The Balaban J connectivity index is 1.63. The van der Waals surface area contributed by atoms with Crippen molar-refractivity contribution < 1.29 is 13.9 Å². The predicted octanol–water partition coefficient (Wildman–Crippen LogP) is 3.75. The van der Waals surface area contributed by atoms with E-state index >= 15 is 0 Å². The lowest BCUT2D eigenvalue weighted by Gasteiger charge is -2.05. The van der Waals surface area contributed by atoms with Crippen molar-refractivity contribution >= 4 is 22.4 Å². The highest BCUT2D eigenvalue weighted by atomic mass is 32.1. The maximum Gasteiger partial charge on any atom is 0.293 e. The van der Waals surface area contributed by atoms with Crippen molar-refractivity contribution in [2.45, 2.75) is 13.5 Å². The van der Waals surface area contributed by atoms with Crippen molar-refractivity contribution in [1.29, 1.82) is 5.26 Å². The standard InChI is InChI=1S/C17H13N3O3S/c1-11-9-19-17(24-11)20-16(21)15-7-6-13(23-15)10-22-14-5-3-2-4-12(14)8-18/h2-7,9H,10H2,1H3,(H,19,20,21). The first-order valence-corrected chi connectivity index (χ1v) is 7.92. The largest absolute Gasteiger partial charge is 0.484 e. The van der Waals surface area contributed by atoms with Crippen molar-refractivity contribution in [2.24, 2.45) is 0 Å². The number of nitriles is 1. The van der Waals surface area contributed by atoms with Crippen LogP contribution in [0.2, 0.25) is 0 Å². The lowest BCUT2D eigenvalue weighted by molar-refractivity contribution is 0.0992. The first kappa shape index (κ1) is 15.8. The van der Waals surface area contributed by atoms with Crippen LogP contribution in [0, 0.1) is 18.3 Å². The molecular formula is C17H13N3O3S. The number of carbonyl (C=O) groups excluding carboxylic acids is 1. The summed E-state index contributed by atoms with van der Waals surface area (Å²) < 4.78 is 11.0. The smallest absolute Gasteiger partial charge is 0.293 e. The Bertz CT molecular complexity index is 908. The van der Waals surface area contributed by atoms with Crippen LogP contribution in [0.1, 0.15) is 26.8 Å². The van der Waals surface area contributed by atoms with Crippen LogP contribution in [0.3, 0.4) is 0 Å². The number of aryl methyl sites for hydroxylation is 1. The number of anilines is 1. The highest BCUT2D eigenvalue weighted by Crippen LogP contribution is 2.20. The molecule has 0 saturated carbocycles. The van der Waals surface area contributed by atoms with Crippen LogP contribution in [-0.2, 0) is 6.61 Å². The molecule has 0 radical (unpaired) electrons. The normalized spacial score (nSPS) is 10.2. The molecule has 0 aliphatic rings. The Morgan fingerprint density at radius 3 is 2.96 bits per heavy atom. The third-order valence-electron chi connectivity index (χ3n) is 3.10. The van der Waals surface area contributed by atoms with Gasteiger partial charge in [-0.25, -0.2) is 4.98 Å². The van der Waals surface area contributed by atoms with E-state index < -0.39 is 0 Å². The molecule has 3 rings (SSSR count). The molecule has 1 N–H and O–H groups in total. The average Bonchev–Trinajstić information content (AvgIpc) is 3.22. The number of hydrogen-bond donors (Lipinski definition) is 1. The van der Waals surface area contributed by atoms with Crippen molar-refractivity contribution in [3.63, 3.8) is 0 Å². The summed E-state index contributed by atoms with van der Waals surface area (Å²) in [6.07, 6.45) is 1.69. The summed E-state index contributed by atoms with van der Waals surface area (Å²) in [6, 6.07) is 12.2. The monoisotopic (exact) mass is 339 g/mol. The Morgan fingerprint density at radius 1 is 1.38 bits per heavy atom. The number of para-hydroxylation sites is 1. The van der Waals surface area contributed by atoms with Crippen LogP contribution < -0.4 is 10.1 Å². The Morgan fingerprint density at radius 2 is 2.21 bits per heavy atom. The van der Waals surface area contributed by atoms with E-state index in [1.807, 2.05) is 6.92 Å². The first-order chi connectivity index (χ1) is 11.7. The van der Waals surface area contributed by atoms with Gasteiger partial charge in [-0.1, -0.05) is 12.1 Å². The summed E-state index contributed by atoms with van der Waals surface area (Å²) >= 11 is 1.39. The fourth-order valence-electron chi connectivity index (χ4n) is 1.98. The van der Waals surface area contributed by atoms with Gasteiger partial charge in [0.1, 0.15) is 24.2 Å². The molecule has 3 aromatic rings. The lowest BCUT2D eigenvalue weighted by atomic mass is 10.2. The predicted molar refractivity (Wildman–Crippen MR) is 89.0 cm³/mol. The second kappa shape index (κ2) is 6.98. The number of nitrogens with zero attached hydrogens (tertiary/aromatic N) is 2. The minimum Gasteiger partial charge on any atom is -0.484 e. The molecule has 0 spiro atoms. The fraction of sp³-hybridized carbons (Fsp3) is 0.118.